The number of thioether (sulfide) groups is 1. The molecular formula is C29H28ClNO5S. The molecule has 0 saturated carbocycles. The van der Waals surface area contributed by atoms with Gasteiger partial charge >= 0.3 is 0 Å². The standard InChI is InChI=1S/C29H28ClNO5S/c1-4-34-26-16-22(9-12-24(26)36-18-21-7-10-23(30)11-8-21)17-27-28(32)31(29(33)37-27)13-14-35-25-15-19(2)5-6-20(25)3/h5-12,15-17H,4,13-14,18H2,1-3H3/b27-17-. The van der Waals surface area contributed by atoms with Crippen LogP contribution in [-0.4, -0.2) is 35.8 Å². The van der Waals surface area contributed by atoms with Crippen LogP contribution in [0.1, 0.15) is 29.2 Å². The number of halogens is 1. The number of imide groups is 1. The van der Waals surface area contributed by atoms with Crippen molar-refractivity contribution in [3.63, 3.8) is 0 Å². The number of hydrogen-bond acceptors (Lipinski definition) is 6. The highest BCUT2D eigenvalue weighted by Gasteiger charge is 2.34. The third-order valence-corrected chi connectivity index (χ3v) is 6.82. The van der Waals surface area contributed by atoms with Gasteiger partial charge in [0, 0.05) is 5.02 Å². The Labute approximate surface area is 226 Å². The third kappa shape index (κ3) is 6.87. The van der Waals surface area contributed by atoms with Crippen molar-refractivity contribution in [1.29, 1.82) is 0 Å². The van der Waals surface area contributed by atoms with Crippen molar-refractivity contribution in [1.82, 2.24) is 4.90 Å². The Morgan fingerprint density at radius 1 is 0.892 bits per heavy atom. The third-order valence-electron chi connectivity index (χ3n) is 5.66. The average molecular weight is 538 g/mol. The van der Waals surface area contributed by atoms with Crippen molar-refractivity contribution in [2.24, 2.45) is 0 Å². The van der Waals surface area contributed by atoms with Crippen molar-refractivity contribution in [2.45, 2.75) is 27.4 Å². The summed E-state index contributed by atoms with van der Waals surface area (Å²) in [5, 5.41) is 0.357. The summed E-state index contributed by atoms with van der Waals surface area (Å²) >= 11 is 6.87. The highest BCUT2D eigenvalue weighted by molar-refractivity contribution is 8.18. The van der Waals surface area contributed by atoms with E-state index in [4.69, 9.17) is 25.8 Å². The van der Waals surface area contributed by atoms with Crippen LogP contribution in [0.2, 0.25) is 5.02 Å². The van der Waals surface area contributed by atoms with E-state index >= 15 is 0 Å². The fraction of sp³-hybridized carbons (Fsp3) is 0.241. The van der Waals surface area contributed by atoms with Crippen LogP contribution in [-0.2, 0) is 11.4 Å². The molecule has 1 aliphatic rings. The molecule has 3 aromatic rings. The van der Waals surface area contributed by atoms with E-state index in [-0.39, 0.29) is 24.3 Å². The molecule has 0 radical (unpaired) electrons. The Kier molecular flexibility index (Phi) is 8.79. The number of nitrogens with zero attached hydrogens (tertiary/aromatic N) is 1. The number of benzene rings is 3. The average Bonchev–Trinajstić information content (AvgIpc) is 3.14. The topological polar surface area (TPSA) is 65.1 Å². The van der Waals surface area contributed by atoms with E-state index in [2.05, 4.69) is 0 Å². The number of carbonyl (C=O) groups is 2. The van der Waals surface area contributed by atoms with Gasteiger partial charge in [0.2, 0.25) is 0 Å². The summed E-state index contributed by atoms with van der Waals surface area (Å²) in [7, 11) is 0. The Morgan fingerprint density at radius 2 is 1.68 bits per heavy atom. The van der Waals surface area contributed by atoms with Gasteiger partial charge in [-0.1, -0.05) is 41.9 Å². The van der Waals surface area contributed by atoms with Gasteiger partial charge < -0.3 is 14.2 Å². The van der Waals surface area contributed by atoms with E-state index in [1.54, 1.807) is 18.2 Å². The Bertz CT molecular complexity index is 1320. The summed E-state index contributed by atoms with van der Waals surface area (Å²) in [6, 6.07) is 18.8. The highest BCUT2D eigenvalue weighted by atomic mass is 35.5. The molecule has 3 aromatic carbocycles. The molecule has 8 heteroatoms. The van der Waals surface area contributed by atoms with Crippen LogP contribution in [0.15, 0.2) is 65.6 Å². The fourth-order valence-corrected chi connectivity index (χ4v) is 4.69. The smallest absolute Gasteiger partial charge is 0.293 e. The zero-order chi connectivity index (χ0) is 26.4. The minimum absolute atomic E-state index is 0.178. The van der Waals surface area contributed by atoms with Crippen molar-refractivity contribution in [2.75, 3.05) is 19.8 Å². The molecule has 0 N–H and O–H groups in total. The molecule has 1 saturated heterocycles. The quantitative estimate of drug-likeness (QED) is 0.258. The molecule has 1 aliphatic heterocycles. The lowest BCUT2D eigenvalue weighted by Crippen LogP contribution is -2.32. The van der Waals surface area contributed by atoms with Gasteiger partial charge in [-0.25, -0.2) is 0 Å². The van der Waals surface area contributed by atoms with E-state index in [1.165, 1.54) is 4.90 Å². The van der Waals surface area contributed by atoms with Crippen molar-refractivity contribution < 1.29 is 23.8 Å². The van der Waals surface area contributed by atoms with Gasteiger partial charge in [-0.3, -0.25) is 14.5 Å². The molecule has 192 valence electrons. The van der Waals surface area contributed by atoms with Crippen LogP contribution in [0, 0.1) is 13.8 Å². The van der Waals surface area contributed by atoms with E-state index in [1.807, 2.05) is 69.3 Å². The second kappa shape index (κ2) is 12.2. The summed E-state index contributed by atoms with van der Waals surface area (Å²) < 4.78 is 17.6. The van der Waals surface area contributed by atoms with Crippen LogP contribution < -0.4 is 14.2 Å². The first kappa shape index (κ1) is 26.6. The van der Waals surface area contributed by atoms with Gasteiger partial charge in [-0.15, -0.1) is 0 Å². The van der Waals surface area contributed by atoms with Crippen LogP contribution >= 0.6 is 23.4 Å². The Hall–Kier alpha value is -3.42. The van der Waals surface area contributed by atoms with Gasteiger partial charge in [0.1, 0.15) is 19.0 Å². The predicted octanol–water partition coefficient (Wildman–Crippen LogP) is 7.05. The minimum atomic E-state index is -0.333. The second-order valence-electron chi connectivity index (χ2n) is 8.51. The van der Waals surface area contributed by atoms with Crippen LogP contribution in [0.4, 0.5) is 4.79 Å². The lowest BCUT2D eigenvalue weighted by Gasteiger charge is -2.15. The normalized spacial score (nSPS) is 14.4. The van der Waals surface area contributed by atoms with Gasteiger partial charge in [0.15, 0.2) is 11.5 Å². The van der Waals surface area contributed by atoms with Crippen molar-refractivity contribution >= 4 is 40.6 Å². The molecule has 37 heavy (non-hydrogen) atoms. The molecule has 2 amide bonds. The van der Waals surface area contributed by atoms with E-state index in [0.29, 0.717) is 34.6 Å². The zero-order valence-electron chi connectivity index (χ0n) is 21.0. The summed E-state index contributed by atoms with van der Waals surface area (Å²) in [6.07, 6.45) is 1.70. The Morgan fingerprint density at radius 3 is 2.43 bits per heavy atom. The predicted molar refractivity (Wildman–Crippen MR) is 147 cm³/mol. The number of carbonyl (C=O) groups excluding carboxylic acids is 2. The molecule has 0 atom stereocenters. The minimum Gasteiger partial charge on any atom is -0.491 e. The maximum atomic E-state index is 12.9. The van der Waals surface area contributed by atoms with Gasteiger partial charge in [0.05, 0.1) is 18.1 Å². The van der Waals surface area contributed by atoms with Crippen LogP contribution in [0.3, 0.4) is 0 Å². The lowest BCUT2D eigenvalue weighted by atomic mass is 10.1. The number of aryl methyl sites for hydroxylation is 2. The Balaban J connectivity index is 1.42. The maximum Gasteiger partial charge on any atom is 0.293 e. The van der Waals surface area contributed by atoms with E-state index in [9.17, 15) is 9.59 Å². The molecule has 6 nitrogen and oxygen atoms in total. The van der Waals surface area contributed by atoms with Gasteiger partial charge in [0.25, 0.3) is 11.1 Å². The van der Waals surface area contributed by atoms with E-state index < -0.39 is 0 Å². The summed E-state index contributed by atoms with van der Waals surface area (Å²) in [5.41, 5.74) is 3.80. The largest absolute Gasteiger partial charge is 0.491 e. The first-order chi connectivity index (χ1) is 17.8. The highest BCUT2D eigenvalue weighted by Crippen LogP contribution is 2.35. The lowest BCUT2D eigenvalue weighted by molar-refractivity contribution is -0.123. The summed E-state index contributed by atoms with van der Waals surface area (Å²) in [4.78, 5) is 27.0. The van der Waals surface area contributed by atoms with E-state index in [0.717, 1.165) is 39.8 Å². The molecule has 0 unspecified atom stereocenters. The SMILES string of the molecule is CCOc1cc(/C=C2\SC(=O)N(CCOc3cc(C)ccc3C)C2=O)ccc1OCc1ccc(Cl)cc1. The molecular weight excluding hydrogens is 510 g/mol. The van der Waals surface area contributed by atoms with Gasteiger partial charge in [-0.05, 0) is 91.2 Å². The number of amides is 2. The van der Waals surface area contributed by atoms with Crippen LogP contribution in [0.25, 0.3) is 6.08 Å². The zero-order valence-corrected chi connectivity index (χ0v) is 22.5. The first-order valence-electron chi connectivity index (χ1n) is 11.9. The second-order valence-corrected chi connectivity index (χ2v) is 9.93. The molecule has 4 rings (SSSR count). The molecule has 0 aromatic heterocycles. The maximum absolute atomic E-state index is 12.9. The summed E-state index contributed by atoms with van der Waals surface area (Å²) in [6.45, 7) is 7.06. The van der Waals surface area contributed by atoms with Crippen molar-refractivity contribution in [3.05, 3.63) is 92.8 Å². The monoisotopic (exact) mass is 537 g/mol. The fourth-order valence-electron chi connectivity index (χ4n) is 3.70. The summed E-state index contributed by atoms with van der Waals surface area (Å²) in [5.74, 6) is 1.57. The first-order valence-corrected chi connectivity index (χ1v) is 13.1. The molecule has 0 bridgehead atoms. The van der Waals surface area contributed by atoms with Crippen molar-refractivity contribution in [3.8, 4) is 17.2 Å². The number of ether oxygens (including phenoxy) is 3. The number of rotatable bonds is 10. The molecule has 0 spiro atoms. The number of hydrogen-bond donors (Lipinski definition) is 0. The molecule has 0 aliphatic carbocycles. The molecule has 1 heterocycles. The van der Waals surface area contributed by atoms with Crippen LogP contribution in [0.5, 0.6) is 17.2 Å². The molecule has 1 fully saturated rings. The van der Waals surface area contributed by atoms with Gasteiger partial charge in [-0.2, -0.15) is 0 Å².